The molecule has 0 radical (unpaired) electrons. The summed E-state index contributed by atoms with van der Waals surface area (Å²) >= 11 is 11.9. The first kappa shape index (κ1) is 20.5. The topological polar surface area (TPSA) is 93.7 Å². The number of hydrogen-bond donors (Lipinski definition) is 2. The summed E-state index contributed by atoms with van der Waals surface area (Å²) in [6.45, 7) is -0.135. The van der Waals surface area contributed by atoms with Crippen molar-refractivity contribution < 1.29 is 23.9 Å². The Morgan fingerprint density at radius 2 is 1.63 bits per heavy atom. The SMILES string of the molecule is COC(=O)c1ccc(C(=O)OC)c(NC(=O)CNc2ccc(Cl)cc2Cl)c1. The molecule has 0 aliphatic carbocycles. The van der Waals surface area contributed by atoms with Crippen molar-refractivity contribution in [2.75, 3.05) is 31.4 Å². The van der Waals surface area contributed by atoms with Gasteiger partial charge in [-0.25, -0.2) is 9.59 Å². The monoisotopic (exact) mass is 410 g/mol. The number of carbonyl (C=O) groups is 3. The minimum Gasteiger partial charge on any atom is -0.465 e. The summed E-state index contributed by atoms with van der Waals surface area (Å²) in [5.74, 6) is -1.73. The fourth-order valence-corrected chi connectivity index (χ4v) is 2.66. The molecule has 0 aliphatic rings. The van der Waals surface area contributed by atoms with Gasteiger partial charge in [-0.1, -0.05) is 23.2 Å². The first-order chi connectivity index (χ1) is 12.8. The molecule has 2 rings (SSSR count). The Morgan fingerprint density at radius 1 is 0.926 bits per heavy atom. The first-order valence-corrected chi connectivity index (χ1v) is 8.40. The van der Waals surface area contributed by atoms with Gasteiger partial charge >= 0.3 is 11.9 Å². The maximum absolute atomic E-state index is 12.3. The summed E-state index contributed by atoms with van der Waals surface area (Å²) in [5, 5.41) is 6.26. The van der Waals surface area contributed by atoms with E-state index in [1.807, 2.05) is 0 Å². The number of nitrogens with one attached hydrogen (secondary N) is 2. The molecule has 9 heteroatoms. The lowest BCUT2D eigenvalue weighted by Gasteiger charge is -2.13. The second kappa shape index (κ2) is 9.25. The number of benzene rings is 2. The maximum Gasteiger partial charge on any atom is 0.339 e. The van der Waals surface area contributed by atoms with E-state index in [2.05, 4.69) is 20.1 Å². The molecule has 2 N–H and O–H groups in total. The highest BCUT2D eigenvalue weighted by Gasteiger charge is 2.17. The van der Waals surface area contributed by atoms with E-state index in [1.54, 1.807) is 18.2 Å². The Hall–Kier alpha value is -2.77. The van der Waals surface area contributed by atoms with Crippen LogP contribution in [-0.2, 0) is 14.3 Å². The molecule has 0 aromatic heterocycles. The molecule has 0 saturated carbocycles. The van der Waals surface area contributed by atoms with Crippen molar-refractivity contribution in [3.63, 3.8) is 0 Å². The van der Waals surface area contributed by atoms with Gasteiger partial charge in [0, 0.05) is 5.02 Å². The molecule has 27 heavy (non-hydrogen) atoms. The van der Waals surface area contributed by atoms with E-state index in [4.69, 9.17) is 23.2 Å². The van der Waals surface area contributed by atoms with Crippen molar-refractivity contribution in [2.45, 2.75) is 0 Å². The number of esters is 2. The fraction of sp³-hybridized carbons (Fsp3) is 0.167. The van der Waals surface area contributed by atoms with Crippen LogP contribution in [0.4, 0.5) is 11.4 Å². The molecule has 0 atom stereocenters. The number of ether oxygens (including phenoxy) is 2. The Bertz CT molecular complexity index is 886. The summed E-state index contributed by atoms with van der Waals surface area (Å²) < 4.78 is 9.33. The van der Waals surface area contributed by atoms with Crippen LogP contribution in [-0.4, -0.2) is 38.6 Å². The van der Waals surface area contributed by atoms with Crippen molar-refractivity contribution in [1.29, 1.82) is 0 Å². The van der Waals surface area contributed by atoms with Gasteiger partial charge in [0.2, 0.25) is 5.91 Å². The predicted octanol–water partition coefficient (Wildman–Crippen LogP) is 3.62. The third-order valence-electron chi connectivity index (χ3n) is 3.49. The molecule has 0 saturated heterocycles. The van der Waals surface area contributed by atoms with Gasteiger partial charge in [-0.05, 0) is 36.4 Å². The Balaban J connectivity index is 2.16. The van der Waals surface area contributed by atoms with E-state index in [1.165, 1.54) is 32.4 Å². The molecular formula is C18H16Cl2N2O5. The zero-order valence-electron chi connectivity index (χ0n) is 14.5. The summed E-state index contributed by atoms with van der Waals surface area (Å²) in [6, 6.07) is 8.92. The van der Waals surface area contributed by atoms with E-state index in [9.17, 15) is 14.4 Å². The van der Waals surface area contributed by atoms with Crippen LogP contribution in [0.2, 0.25) is 10.0 Å². The lowest BCUT2D eigenvalue weighted by atomic mass is 10.1. The lowest BCUT2D eigenvalue weighted by molar-refractivity contribution is -0.114. The van der Waals surface area contributed by atoms with Gasteiger partial charge in [-0.15, -0.1) is 0 Å². The molecule has 0 spiro atoms. The molecule has 0 unspecified atom stereocenters. The zero-order valence-corrected chi connectivity index (χ0v) is 16.0. The Morgan fingerprint density at radius 3 is 2.26 bits per heavy atom. The second-order valence-electron chi connectivity index (χ2n) is 5.27. The standard InChI is InChI=1S/C18H16Cl2N2O5/c1-26-17(24)10-3-5-12(18(25)27-2)15(7-10)22-16(23)9-21-14-6-4-11(19)8-13(14)20/h3-8,21H,9H2,1-2H3,(H,22,23). The number of halogens is 2. The van der Waals surface area contributed by atoms with Crippen molar-refractivity contribution in [3.8, 4) is 0 Å². The van der Waals surface area contributed by atoms with Crippen LogP contribution in [0.1, 0.15) is 20.7 Å². The van der Waals surface area contributed by atoms with Crippen LogP contribution in [0.3, 0.4) is 0 Å². The van der Waals surface area contributed by atoms with Crippen molar-refractivity contribution in [1.82, 2.24) is 0 Å². The molecule has 7 nitrogen and oxygen atoms in total. The third-order valence-corrected chi connectivity index (χ3v) is 4.04. The van der Waals surface area contributed by atoms with Crippen LogP contribution in [0.15, 0.2) is 36.4 Å². The number of hydrogen-bond acceptors (Lipinski definition) is 6. The Labute approximate surface area is 165 Å². The third kappa shape index (κ3) is 5.35. The molecule has 0 aliphatic heterocycles. The smallest absolute Gasteiger partial charge is 0.339 e. The van der Waals surface area contributed by atoms with E-state index >= 15 is 0 Å². The normalized spacial score (nSPS) is 10.1. The van der Waals surface area contributed by atoms with Gasteiger partial charge in [0.05, 0.1) is 48.3 Å². The van der Waals surface area contributed by atoms with Gasteiger partial charge in [0.25, 0.3) is 0 Å². The van der Waals surface area contributed by atoms with Gasteiger partial charge in [0.1, 0.15) is 0 Å². The molecule has 0 heterocycles. The summed E-state index contributed by atoms with van der Waals surface area (Å²) in [7, 11) is 2.45. The van der Waals surface area contributed by atoms with Gasteiger partial charge < -0.3 is 20.1 Å². The minimum absolute atomic E-state index is 0.100. The van der Waals surface area contributed by atoms with Crippen molar-refractivity contribution in [3.05, 3.63) is 57.6 Å². The van der Waals surface area contributed by atoms with Crippen LogP contribution < -0.4 is 10.6 Å². The van der Waals surface area contributed by atoms with Gasteiger partial charge in [0.15, 0.2) is 0 Å². The molecule has 2 aromatic rings. The quantitative estimate of drug-likeness (QED) is 0.706. The molecule has 0 bridgehead atoms. The van der Waals surface area contributed by atoms with Crippen LogP contribution >= 0.6 is 23.2 Å². The van der Waals surface area contributed by atoms with E-state index in [-0.39, 0.29) is 23.4 Å². The number of carbonyl (C=O) groups excluding carboxylic acids is 3. The largest absolute Gasteiger partial charge is 0.465 e. The minimum atomic E-state index is -0.657. The highest BCUT2D eigenvalue weighted by atomic mass is 35.5. The molecule has 0 fully saturated rings. The van der Waals surface area contributed by atoms with Crippen LogP contribution in [0.25, 0.3) is 0 Å². The molecule has 1 amide bonds. The van der Waals surface area contributed by atoms with Gasteiger partial charge in [-0.3, -0.25) is 4.79 Å². The highest BCUT2D eigenvalue weighted by Crippen LogP contribution is 2.25. The fourth-order valence-electron chi connectivity index (χ4n) is 2.18. The van der Waals surface area contributed by atoms with E-state index in [0.717, 1.165) is 0 Å². The van der Waals surface area contributed by atoms with Crippen LogP contribution in [0, 0.1) is 0 Å². The summed E-state index contributed by atoms with van der Waals surface area (Å²) in [5.41, 5.74) is 0.920. The first-order valence-electron chi connectivity index (χ1n) is 7.65. The predicted molar refractivity (Wildman–Crippen MR) is 103 cm³/mol. The number of anilines is 2. The van der Waals surface area contributed by atoms with Gasteiger partial charge in [-0.2, -0.15) is 0 Å². The van der Waals surface area contributed by atoms with Crippen LogP contribution in [0.5, 0.6) is 0 Å². The highest BCUT2D eigenvalue weighted by molar-refractivity contribution is 6.36. The maximum atomic E-state index is 12.3. The summed E-state index contributed by atoms with van der Waals surface area (Å²) in [4.78, 5) is 35.8. The number of methoxy groups -OCH3 is 2. The van der Waals surface area contributed by atoms with Crippen molar-refractivity contribution in [2.24, 2.45) is 0 Å². The van der Waals surface area contributed by atoms with E-state index in [0.29, 0.717) is 15.7 Å². The average Bonchev–Trinajstić information content (AvgIpc) is 2.66. The number of amides is 1. The average molecular weight is 411 g/mol. The zero-order chi connectivity index (χ0) is 20.0. The molecule has 2 aromatic carbocycles. The van der Waals surface area contributed by atoms with E-state index < -0.39 is 17.8 Å². The lowest BCUT2D eigenvalue weighted by Crippen LogP contribution is -2.23. The van der Waals surface area contributed by atoms with Crippen molar-refractivity contribution >= 4 is 52.4 Å². The Kier molecular flexibility index (Phi) is 7.04. The second-order valence-corrected chi connectivity index (χ2v) is 6.11. The molecular weight excluding hydrogens is 395 g/mol. The number of rotatable bonds is 6. The summed E-state index contributed by atoms with van der Waals surface area (Å²) in [6.07, 6.45) is 0. The molecule has 142 valence electrons.